The minimum Gasteiger partial charge on any atom is -0.365 e. The topological polar surface area (TPSA) is 24.5 Å². The highest BCUT2D eigenvalue weighted by molar-refractivity contribution is 6.43. The Morgan fingerprint density at radius 1 is 0.889 bits per heavy atom. The second kappa shape index (κ2) is 8.31. The van der Waals surface area contributed by atoms with Crippen LogP contribution in [0, 0.1) is 0 Å². The molecule has 5 heterocycles. The summed E-state index contributed by atoms with van der Waals surface area (Å²) in [5.41, 5.74) is 6.85. The molecule has 0 fully saturated rings. The third-order valence-electron chi connectivity index (χ3n) is 7.93. The Balaban J connectivity index is 1.46. The highest BCUT2D eigenvalue weighted by atomic mass is 35.5. The van der Waals surface area contributed by atoms with Crippen LogP contribution in [0.25, 0.3) is 16.6 Å². The maximum Gasteiger partial charge on any atom is 0.288 e. The Kier molecular flexibility index (Phi) is 5.36. The van der Waals surface area contributed by atoms with Crippen LogP contribution in [-0.4, -0.2) is 29.9 Å². The van der Waals surface area contributed by atoms with E-state index in [0.717, 1.165) is 61.4 Å². The molecular formula is C27H25Cl4N4O+. The molecular weight excluding hydrogens is 538 g/mol. The minimum atomic E-state index is 0.0641. The summed E-state index contributed by atoms with van der Waals surface area (Å²) in [4.78, 5) is 4.71. The van der Waals surface area contributed by atoms with Crippen molar-refractivity contribution < 1.29 is 9.30 Å². The fraction of sp³-hybridized carbons (Fsp3) is 0.370. The Morgan fingerprint density at radius 3 is 2.36 bits per heavy atom. The zero-order chi connectivity index (χ0) is 24.9. The van der Waals surface area contributed by atoms with Crippen LogP contribution in [0.15, 0.2) is 41.7 Å². The molecule has 2 unspecified atom stereocenters. The molecule has 9 heteroatoms. The number of ether oxygens (including phenoxy) is 1. The smallest absolute Gasteiger partial charge is 0.288 e. The van der Waals surface area contributed by atoms with Crippen molar-refractivity contribution in [1.29, 1.82) is 0 Å². The molecule has 0 saturated carbocycles. The summed E-state index contributed by atoms with van der Waals surface area (Å²) in [6.45, 7) is 7.75. The van der Waals surface area contributed by atoms with Crippen molar-refractivity contribution >= 4 is 74.4 Å². The predicted molar refractivity (Wildman–Crippen MR) is 148 cm³/mol. The molecule has 4 aliphatic rings. The number of hydrogen-bond acceptors (Lipinski definition) is 3. The van der Waals surface area contributed by atoms with Crippen LogP contribution in [0.3, 0.4) is 0 Å². The van der Waals surface area contributed by atoms with Gasteiger partial charge < -0.3 is 14.5 Å². The van der Waals surface area contributed by atoms with E-state index in [1.807, 2.05) is 24.3 Å². The molecule has 186 valence electrons. The van der Waals surface area contributed by atoms with Crippen LogP contribution in [0.4, 0.5) is 11.4 Å². The van der Waals surface area contributed by atoms with Gasteiger partial charge in [-0.05, 0) is 38.5 Å². The van der Waals surface area contributed by atoms with Crippen molar-refractivity contribution in [2.45, 2.75) is 52.0 Å². The number of aromatic nitrogens is 2. The first kappa shape index (κ1) is 23.2. The van der Waals surface area contributed by atoms with Crippen LogP contribution >= 0.6 is 46.4 Å². The first-order valence-electron chi connectivity index (χ1n) is 12.5. The van der Waals surface area contributed by atoms with Gasteiger partial charge in [0.05, 0.1) is 62.3 Å². The van der Waals surface area contributed by atoms with Gasteiger partial charge in [0, 0.05) is 37.2 Å². The van der Waals surface area contributed by atoms with Crippen LogP contribution in [0.5, 0.6) is 0 Å². The maximum absolute atomic E-state index is 6.83. The number of aryl methyl sites for hydroxylation is 2. The van der Waals surface area contributed by atoms with Gasteiger partial charge in [-0.25, -0.2) is 9.13 Å². The number of rotatable bonds is 2. The van der Waals surface area contributed by atoms with Crippen LogP contribution in [0.1, 0.15) is 32.5 Å². The van der Waals surface area contributed by atoms with Crippen molar-refractivity contribution in [3.8, 4) is 0 Å². The Morgan fingerprint density at radius 2 is 1.61 bits per heavy atom. The molecule has 0 radical (unpaired) electrons. The SMILES string of the molecule is CCN1C2=C3C=C4c5n(CC)c6cc(Cl)c(Cl)cc6[n+]5CCC4OC3CCN2c2cc(Cl)c(Cl)cc21. The summed E-state index contributed by atoms with van der Waals surface area (Å²) in [5, 5.41) is 2.31. The van der Waals surface area contributed by atoms with Crippen LogP contribution < -0.4 is 14.4 Å². The third kappa shape index (κ3) is 3.10. The lowest BCUT2D eigenvalue weighted by Crippen LogP contribution is -2.49. The fourth-order valence-electron chi connectivity index (χ4n) is 6.44. The number of imidazole rings is 1. The number of benzene rings is 2. The van der Waals surface area contributed by atoms with E-state index in [9.17, 15) is 0 Å². The largest absolute Gasteiger partial charge is 0.365 e. The van der Waals surface area contributed by atoms with Gasteiger partial charge in [-0.15, -0.1) is 0 Å². The molecule has 0 saturated heterocycles. The molecule has 2 atom stereocenters. The molecule has 1 aromatic heterocycles. The van der Waals surface area contributed by atoms with E-state index in [2.05, 4.69) is 38.9 Å². The Hall–Kier alpha value is -1.89. The second-order valence-corrected chi connectivity index (χ2v) is 11.3. The first-order chi connectivity index (χ1) is 17.4. The van der Waals surface area contributed by atoms with Gasteiger partial charge in [0.2, 0.25) is 0 Å². The predicted octanol–water partition coefficient (Wildman–Crippen LogP) is 7.08. The lowest BCUT2D eigenvalue weighted by molar-refractivity contribution is -0.679. The lowest BCUT2D eigenvalue weighted by Gasteiger charge is -2.40. The average molecular weight is 563 g/mol. The summed E-state index contributed by atoms with van der Waals surface area (Å²) in [6.07, 6.45) is 4.37. The van der Waals surface area contributed by atoms with Crippen molar-refractivity contribution in [1.82, 2.24) is 4.57 Å². The van der Waals surface area contributed by atoms with Crippen molar-refractivity contribution in [3.05, 3.63) is 67.7 Å². The highest BCUT2D eigenvalue weighted by Gasteiger charge is 2.45. The third-order valence-corrected chi connectivity index (χ3v) is 9.38. The van der Waals surface area contributed by atoms with E-state index in [1.54, 1.807) is 0 Å². The second-order valence-electron chi connectivity index (χ2n) is 9.69. The summed E-state index contributed by atoms with van der Waals surface area (Å²) in [5.74, 6) is 2.35. The average Bonchev–Trinajstić information content (AvgIpc) is 3.35. The summed E-state index contributed by atoms with van der Waals surface area (Å²) in [7, 11) is 0. The quantitative estimate of drug-likeness (QED) is 0.312. The van der Waals surface area contributed by atoms with Gasteiger partial charge in [0.25, 0.3) is 5.82 Å². The van der Waals surface area contributed by atoms with Gasteiger partial charge in [-0.2, -0.15) is 0 Å². The maximum atomic E-state index is 6.83. The van der Waals surface area contributed by atoms with E-state index in [0.29, 0.717) is 20.1 Å². The number of fused-ring (bicyclic) bond motifs is 9. The van der Waals surface area contributed by atoms with Gasteiger partial charge in [0.15, 0.2) is 11.0 Å². The molecule has 0 amide bonds. The van der Waals surface area contributed by atoms with E-state index in [4.69, 9.17) is 51.1 Å². The van der Waals surface area contributed by atoms with Crippen molar-refractivity contribution in [2.75, 3.05) is 22.9 Å². The van der Waals surface area contributed by atoms with Gasteiger partial charge in [-0.1, -0.05) is 46.4 Å². The number of anilines is 2. The van der Waals surface area contributed by atoms with Crippen molar-refractivity contribution in [3.63, 3.8) is 0 Å². The molecule has 0 bridgehead atoms. The molecule has 4 aliphatic heterocycles. The number of halogens is 4. The molecule has 36 heavy (non-hydrogen) atoms. The van der Waals surface area contributed by atoms with Gasteiger partial charge in [0.1, 0.15) is 5.82 Å². The summed E-state index contributed by atoms with van der Waals surface area (Å²) < 4.78 is 11.5. The van der Waals surface area contributed by atoms with Gasteiger partial charge >= 0.3 is 0 Å². The molecule has 0 N–H and O–H groups in total. The van der Waals surface area contributed by atoms with E-state index >= 15 is 0 Å². The molecule has 3 aromatic rings. The molecule has 0 aliphatic carbocycles. The monoisotopic (exact) mass is 561 g/mol. The van der Waals surface area contributed by atoms with Gasteiger partial charge in [-0.3, -0.25) is 0 Å². The Bertz CT molecular complexity index is 1460. The zero-order valence-corrected chi connectivity index (χ0v) is 23.0. The lowest BCUT2D eigenvalue weighted by atomic mass is 9.90. The van der Waals surface area contributed by atoms with Crippen LogP contribution in [0.2, 0.25) is 20.1 Å². The van der Waals surface area contributed by atoms with Crippen LogP contribution in [-0.2, 0) is 17.8 Å². The van der Waals surface area contributed by atoms with Crippen molar-refractivity contribution in [2.24, 2.45) is 0 Å². The number of hydrogen-bond donors (Lipinski definition) is 0. The molecule has 5 nitrogen and oxygen atoms in total. The molecule has 2 aromatic carbocycles. The standard InChI is InChI=1S/C27H25Cl4N4O/c1-3-32-20-10-16(28)18(30)12-22(20)34-7-5-24-14(26(32)34)9-15-25(36-24)6-8-35-23-13-19(31)17(29)11-21(23)33(4-2)27(15)35/h9-13,24-25H,3-8H2,1-2H3/q+1. The molecule has 0 spiro atoms. The fourth-order valence-corrected chi connectivity index (χ4v) is 7.07. The summed E-state index contributed by atoms with van der Waals surface area (Å²) in [6, 6.07) is 7.96. The zero-order valence-electron chi connectivity index (χ0n) is 20.0. The first-order valence-corrected chi connectivity index (χ1v) is 14.0. The van der Waals surface area contributed by atoms with E-state index < -0.39 is 0 Å². The molecule has 7 rings (SSSR count). The van der Waals surface area contributed by atoms with E-state index in [-0.39, 0.29) is 12.2 Å². The number of nitrogens with zero attached hydrogens (tertiary/aromatic N) is 4. The Labute approximate surface area is 230 Å². The van der Waals surface area contributed by atoms with E-state index in [1.165, 1.54) is 22.8 Å². The summed E-state index contributed by atoms with van der Waals surface area (Å²) >= 11 is 25.8. The normalized spacial score (nSPS) is 22.3. The minimum absolute atomic E-state index is 0.0641. The highest BCUT2D eigenvalue weighted by Crippen LogP contribution is 2.50.